The zero-order valence-corrected chi connectivity index (χ0v) is 11.4. The van der Waals surface area contributed by atoms with E-state index in [1.807, 2.05) is 0 Å². The first kappa shape index (κ1) is 11.8. The first-order valence-corrected chi connectivity index (χ1v) is 6.18. The first-order chi connectivity index (χ1) is 7.09. The molecule has 2 fully saturated rings. The van der Waals surface area contributed by atoms with Crippen molar-refractivity contribution in [1.82, 2.24) is 0 Å². The zero-order valence-electron chi connectivity index (χ0n) is 11.4. The third kappa shape index (κ3) is 1.32. The van der Waals surface area contributed by atoms with Crippen molar-refractivity contribution in [2.24, 2.45) is 16.7 Å². The summed E-state index contributed by atoms with van der Waals surface area (Å²) in [5, 5.41) is 0. The van der Waals surface area contributed by atoms with Gasteiger partial charge in [-0.3, -0.25) is 4.79 Å². The Morgan fingerprint density at radius 3 is 2.19 bits per heavy atom. The fourth-order valence-electron chi connectivity index (χ4n) is 3.49. The normalized spacial score (nSPS) is 39.8. The first-order valence-electron chi connectivity index (χ1n) is 6.18. The molecule has 2 atom stereocenters. The van der Waals surface area contributed by atoms with Crippen LogP contribution in [0.2, 0.25) is 0 Å². The van der Waals surface area contributed by atoms with E-state index in [1.54, 1.807) is 0 Å². The molecule has 0 spiro atoms. The van der Waals surface area contributed by atoms with Crippen LogP contribution in [0.25, 0.3) is 0 Å². The molecule has 2 heteroatoms. The molecule has 16 heavy (non-hydrogen) atoms. The van der Waals surface area contributed by atoms with E-state index in [9.17, 15) is 4.79 Å². The molecule has 2 bridgehead atoms. The Bertz CT molecular complexity index is 373. The number of nitrogens with zero attached hydrogens (tertiary/aromatic N) is 1. The van der Waals surface area contributed by atoms with Crippen LogP contribution in [0.3, 0.4) is 0 Å². The Labute approximate surface area is 98.9 Å². The van der Waals surface area contributed by atoms with E-state index in [2.05, 4.69) is 48.1 Å². The van der Waals surface area contributed by atoms with Gasteiger partial charge < -0.3 is 4.48 Å². The highest BCUT2D eigenvalue weighted by molar-refractivity contribution is 6.04. The molecule has 0 aromatic carbocycles. The van der Waals surface area contributed by atoms with Gasteiger partial charge in [0.1, 0.15) is 6.20 Å². The van der Waals surface area contributed by atoms with Crippen molar-refractivity contribution in [2.45, 2.75) is 33.6 Å². The summed E-state index contributed by atoms with van der Waals surface area (Å²) in [7, 11) is 6.34. The molecule has 0 heterocycles. The van der Waals surface area contributed by atoms with Gasteiger partial charge in [0.05, 0.1) is 26.7 Å². The molecule has 0 saturated heterocycles. The van der Waals surface area contributed by atoms with E-state index in [0.29, 0.717) is 11.7 Å². The van der Waals surface area contributed by atoms with E-state index in [0.717, 1.165) is 16.5 Å². The van der Waals surface area contributed by atoms with Crippen LogP contribution < -0.4 is 0 Å². The number of fused-ring (bicyclic) bond motifs is 2. The van der Waals surface area contributed by atoms with Crippen molar-refractivity contribution in [3.05, 3.63) is 11.8 Å². The fourth-order valence-corrected chi connectivity index (χ4v) is 3.49. The number of quaternary nitrogens is 1. The van der Waals surface area contributed by atoms with Crippen LogP contribution in [-0.2, 0) is 4.79 Å². The van der Waals surface area contributed by atoms with Crippen LogP contribution in [0.1, 0.15) is 33.6 Å². The van der Waals surface area contributed by atoms with Crippen LogP contribution >= 0.6 is 0 Å². The summed E-state index contributed by atoms with van der Waals surface area (Å²) in [5.74, 6) is 0.879. The maximum absolute atomic E-state index is 12.5. The molecule has 0 aromatic rings. The second-order valence-electron chi connectivity index (χ2n) is 7.17. The summed E-state index contributed by atoms with van der Waals surface area (Å²) in [6, 6.07) is 0. The number of ketones is 1. The molecule has 2 saturated carbocycles. The molecule has 2 rings (SSSR count). The van der Waals surface area contributed by atoms with Gasteiger partial charge in [-0.2, -0.15) is 0 Å². The summed E-state index contributed by atoms with van der Waals surface area (Å²) in [6.07, 6.45) is 4.40. The molecule has 2 aliphatic carbocycles. The number of carbonyl (C=O) groups is 1. The van der Waals surface area contributed by atoms with E-state index in [4.69, 9.17) is 0 Å². The molecule has 2 nitrogen and oxygen atoms in total. The summed E-state index contributed by atoms with van der Waals surface area (Å²) in [5.41, 5.74) is 1.12. The van der Waals surface area contributed by atoms with Gasteiger partial charge in [-0.1, -0.05) is 20.8 Å². The summed E-state index contributed by atoms with van der Waals surface area (Å²) in [4.78, 5) is 12.5. The lowest BCUT2D eigenvalue weighted by Crippen LogP contribution is -2.33. The van der Waals surface area contributed by atoms with Crippen LogP contribution in [-0.4, -0.2) is 31.4 Å². The molecule has 2 unspecified atom stereocenters. The summed E-state index contributed by atoms with van der Waals surface area (Å²) in [6.45, 7) is 6.68. The van der Waals surface area contributed by atoms with Crippen molar-refractivity contribution in [1.29, 1.82) is 0 Å². The topological polar surface area (TPSA) is 17.1 Å². The molecular formula is C14H24NO+. The minimum atomic E-state index is -0.112. The summed E-state index contributed by atoms with van der Waals surface area (Å²) >= 11 is 0. The quantitative estimate of drug-likeness (QED) is 0.492. The van der Waals surface area contributed by atoms with E-state index in [1.165, 1.54) is 6.42 Å². The minimum absolute atomic E-state index is 0.112. The van der Waals surface area contributed by atoms with Crippen LogP contribution in [0, 0.1) is 16.7 Å². The number of carbonyl (C=O) groups excluding carboxylic acids is 1. The van der Waals surface area contributed by atoms with Crippen LogP contribution in [0.15, 0.2) is 11.8 Å². The van der Waals surface area contributed by atoms with Gasteiger partial charge in [0.25, 0.3) is 0 Å². The third-order valence-electron chi connectivity index (χ3n) is 4.89. The number of rotatable bonds is 1. The Balaban J connectivity index is 2.49. The van der Waals surface area contributed by atoms with Gasteiger partial charge >= 0.3 is 0 Å². The average molecular weight is 222 g/mol. The van der Waals surface area contributed by atoms with Crippen molar-refractivity contribution < 1.29 is 9.28 Å². The highest BCUT2D eigenvalue weighted by Crippen LogP contribution is 2.65. The van der Waals surface area contributed by atoms with Crippen molar-refractivity contribution in [3.63, 3.8) is 0 Å². The maximum atomic E-state index is 12.5. The molecule has 0 aliphatic heterocycles. The Kier molecular flexibility index (Phi) is 2.20. The lowest BCUT2D eigenvalue weighted by Gasteiger charge is -2.31. The molecule has 0 aromatic heterocycles. The third-order valence-corrected chi connectivity index (χ3v) is 4.89. The van der Waals surface area contributed by atoms with Crippen molar-refractivity contribution in [2.75, 3.05) is 21.1 Å². The van der Waals surface area contributed by atoms with E-state index in [-0.39, 0.29) is 10.8 Å². The smallest absolute Gasteiger partial charge is 0.170 e. The lowest BCUT2D eigenvalue weighted by molar-refractivity contribution is -0.817. The zero-order chi connectivity index (χ0) is 12.4. The van der Waals surface area contributed by atoms with Crippen molar-refractivity contribution in [3.8, 4) is 0 Å². The standard InChI is InChI=1S/C14H24NO/c1-13(2)11-7-8-14(13,3)12(16)10(11)9-15(4,5)6/h9,11H,7-8H2,1-6H3/q+1/b10-9-. The highest BCUT2D eigenvalue weighted by Gasteiger charge is 2.64. The molecule has 0 N–H and O–H groups in total. The SMILES string of the molecule is CC12CCC(/C(=C/[N+](C)(C)C)C1=O)C2(C)C. The van der Waals surface area contributed by atoms with Crippen LogP contribution in [0.5, 0.6) is 0 Å². The predicted octanol–water partition coefficient (Wildman–Crippen LogP) is 2.60. The molecule has 0 amide bonds. The Morgan fingerprint density at radius 2 is 1.81 bits per heavy atom. The van der Waals surface area contributed by atoms with Gasteiger partial charge in [0.2, 0.25) is 0 Å². The second-order valence-corrected chi connectivity index (χ2v) is 7.17. The van der Waals surface area contributed by atoms with Gasteiger partial charge in [-0.25, -0.2) is 0 Å². The number of allylic oxidation sites excluding steroid dienone is 1. The van der Waals surface area contributed by atoms with Gasteiger partial charge in [0.15, 0.2) is 5.78 Å². The predicted molar refractivity (Wildman–Crippen MR) is 65.7 cm³/mol. The van der Waals surface area contributed by atoms with Gasteiger partial charge in [-0.15, -0.1) is 0 Å². The minimum Gasteiger partial charge on any atom is -0.304 e. The monoisotopic (exact) mass is 222 g/mol. The lowest BCUT2D eigenvalue weighted by atomic mass is 9.70. The number of Topliss-reactive ketones (excluding diaryl/α,β-unsaturated/α-hetero) is 1. The summed E-state index contributed by atoms with van der Waals surface area (Å²) < 4.78 is 0.740. The fraction of sp³-hybridized carbons (Fsp3) is 0.786. The highest BCUT2D eigenvalue weighted by atomic mass is 16.1. The second kappa shape index (κ2) is 2.98. The number of hydrogen-bond donors (Lipinski definition) is 0. The number of hydrogen-bond acceptors (Lipinski definition) is 1. The Morgan fingerprint density at radius 1 is 1.25 bits per heavy atom. The molecule has 2 aliphatic rings. The van der Waals surface area contributed by atoms with Gasteiger partial charge in [0, 0.05) is 5.41 Å². The van der Waals surface area contributed by atoms with Crippen LogP contribution in [0.4, 0.5) is 0 Å². The molecule has 0 radical (unpaired) electrons. The molecule has 90 valence electrons. The largest absolute Gasteiger partial charge is 0.304 e. The average Bonchev–Trinajstić information content (AvgIpc) is 2.38. The van der Waals surface area contributed by atoms with E-state index >= 15 is 0 Å². The maximum Gasteiger partial charge on any atom is 0.170 e. The van der Waals surface area contributed by atoms with Gasteiger partial charge in [-0.05, 0) is 24.2 Å². The van der Waals surface area contributed by atoms with Crippen molar-refractivity contribution >= 4 is 5.78 Å². The Hall–Kier alpha value is -0.630. The molecular weight excluding hydrogens is 198 g/mol. The van der Waals surface area contributed by atoms with E-state index < -0.39 is 0 Å².